The quantitative estimate of drug-likeness (QED) is 0.272. The van der Waals surface area contributed by atoms with Crippen LogP contribution in [0.2, 0.25) is 0 Å². The summed E-state index contributed by atoms with van der Waals surface area (Å²) >= 11 is 0. The first-order chi connectivity index (χ1) is 15.3. The molecule has 1 heterocycles. The number of hydrogen-bond donors (Lipinski definition) is 1. The molecule has 172 valence electrons. The summed E-state index contributed by atoms with van der Waals surface area (Å²) in [5.74, 6) is -0.311. The number of nitrogens with two attached hydrogens (primary N) is 1. The molecule has 1 aliphatic rings. The van der Waals surface area contributed by atoms with Crippen LogP contribution >= 0.6 is 0 Å². The molecule has 0 atom stereocenters. The van der Waals surface area contributed by atoms with Crippen molar-refractivity contribution in [2.75, 3.05) is 31.2 Å². The first kappa shape index (κ1) is 23.5. The van der Waals surface area contributed by atoms with Gasteiger partial charge >= 0.3 is 5.97 Å². The number of nitro benzene ring substituents is 1. The van der Waals surface area contributed by atoms with Gasteiger partial charge in [0.05, 0.1) is 15.4 Å². The maximum absolute atomic E-state index is 12.3. The SMILES string of the molecule is NS(=O)(=O)c1ccc(OCCOC(=O)c2ccc(N3CCCCCC3)c([N+](=O)[O-])c2)cc1. The largest absolute Gasteiger partial charge is 0.490 e. The summed E-state index contributed by atoms with van der Waals surface area (Å²) in [7, 11) is -3.78. The molecule has 0 aromatic heterocycles. The lowest BCUT2D eigenvalue weighted by Crippen LogP contribution is -2.25. The van der Waals surface area contributed by atoms with E-state index in [4.69, 9.17) is 14.6 Å². The van der Waals surface area contributed by atoms with E-state index in [0.29, 0.717) is 11.4 Å². The fourth-order valence-electron chi connectivity index (χ4n) is 3.48. The number of sulfonamides is 1. The van der Waals surface area contributed by atoms with Crippen molar-refractivity contribution < 1.29 is 27.6 Å². The number of primary sulfonamides is 1. The Kier molecular flexibility index (Phi) is 7.65. The molecular weight excluding hydrogens is 438 g/mol. The van der Waals surface area contributed by atoms with Crippen LogP contribution < -0.4 is 14.8 Å². The van der Waals surface area contributed by atoms with Crippen LogP contribution in [-0.2, 0) is 14.8 Å². The number of esters is 1. The number of nitrogens with zero attached hydrogens (tertiary/aromatic N) is 2. The average molecular weight is 464 g/mol. The van der Waals surface area contributed by atoms with Gasteiger partial charge in [-0.25, -0.2) is 18.4 Å². The minimum absolute atomic E-state index is 0.0222. The Morgan fingerprint density at radius 3 is 2.28 bits per heavy atom. The van der Waals surface area contributed by atoms with Crippen molar-refractivity contribution in [3.8, 4) is 5.75 Å². The lowest BCUT2D eigenvalue weighted by molar-refractivity contribution is -0.384. The van der Waals surface area contributed by atoms with Crippen LogP contribution in [0.1, 0.15) is 36.0 Å². The second-order valence-corrected chi connectivity index (χ2v) is 8.92. The molecule has 32 heavy (non-hydrogen) atoms. The summed E-state index contributed by atoms with van der Waals surface area (Å²) in [4.78, 5) is 25.4. The predicted octanol–water partition coefficient (Wildman–Crippen LogP) is 2.86. The smallest absolute Gasteiger partial charge is 0.338 e. The minimum Gasteiger partial charge on any atom is -0.490 e. The lowest BCUT2D eigenvalue weighted by atomic mass is 10.1. The molecule has 2 aromatic rings. The standard InChI is InChI=1S/C21H25N3O7S/c22-32(28,29)18-8-6-17(7-9-18)30-13-14-31-21(25)16-5-10-19(20(15-16)24(26)27)23-11-3-1-2-4-12-23/h5-10,15H,1-4,11-14H2,(H2,22,28,29). The third kappa shape index (κ3) is 6.17. The first-order valence-corrected chi connectivity index (χ1v) is 11.8. The molecule has 2 aromatic carbocycles. The van der Waals surface area contributed by atoms with Gasteiger partial charge in [-0.2, -0.15) is 0 Å². The van der Waals surface area contributed by atoms with Gasteiger partial charge in [-0.1, -0.05) is 12.8 Å². The molecule has 0 unspecified atom stereocenters. The number of carbonyl (C=O) groups excluding carboxylic acids is 1. The zero-order valence-corrected chi connectivity index (χ0v) is 18.3. The summed E-state index contributed by atoms with van der Waals surface area (Å²) < 4.78 is 33.0. The highest BCUT2D eigenvalue weighted by Gasteiger charge is 2.23. The molecule has 1 saturated heterocycles. The van der Waals surface area contributed by atoms with Crippen molar-refractivity contribution in [3.05, 3.63) is 58.1 Å². The average Bonchev–Trinajstić information content (AvgIpc) is 3.05. The van der Waals surface area contributed by atoms with E-state index in [1.807, 2.05) is 4.90 Å². The van der Waals surface area contributed by atoms with Gasteiger partial charge in [0.1, 0.15) is 24.7 Å². The van der Waals surface area contributed by atoms with Crippen LogP contribution in [0.4, 0.5) is 11.4 Å². The van der Waals surface area contributed by atoms with Gasteiger partial charge < -0.3 is 14.4 Å². The fraction of sp³-hybridized carbons (Fsp3) is 0.381. The van der Waals surface area contributed by atoms with Gasteiger partial charge in [0.15, 0.2) is 0 Å². The van der Waals surface area contributed by atoms with E-state index in [-0.39, 0.29) is 29.4 Å². The highest BCUT2D eigenvalue weighted by Crippen LogP contribution is 2.31. The van der Waals surface area contributed by atoms with Gasteiger partial charge in [-0.3, -0.25) is 10.1 Å². The summed E-state index contributed by atoms with van der Waals surface area (Å²) in [6.45, 7) is 1.44. The second-order valence-electron chi connectivity index (χ2n) is 7.36. The molecule has 1 aliphatic heterocycles. The van der Waals surface area contributed by atoms with E-state index in [9.17, 15) is 23.3 Å². The van der Waals surface area contributed by atoms with Gasteiger partial charge in [0, 0.05) is 19.2 Å². The van der Waals surface area contributed by atoms with E-state index < -0.39 is 20.9 Å². The van der Waals surface area contributed by atoms with Crippen LogP contribution in [0.25, 0.3) is 0 Å². The summed E-state index contributed by atoms with van der Waals surface area (Å²) in [6.07, 6.45) is 4.16. The number of anilines is 1. The van der Waals surface area contributed by atoms with E-state index in [1.165, 1.54) is 36.4 Å². The van der Waals surface area contributed by atoms with Crippen molar-refractivity contribution in [1.82, 2.24) is 0 Å². The van der Waals surface area contributed by atoms with Crippen LogP contribution in [0.3, 0.4) is 0 Å². The van der Waals surface area contributed by atoms with Crippen LogP contribution in [-0.4, -0.2) is 45.6 Å². The zero-order valence-electron chi connectivity index (χ0n) is 17.4. The molecule has 0 radical (unpaired) electrons. The van der Waals surface area contributed by atoms with Crippen LogP contribution in [0, 0.1) is 10.1 Å². The lowest BCUT2D eigenvalue weighted by Gasteiger charge is -2.22. The maximum Gasteiger partial charge on any atom is 0.338 e. The van der Waals surface area contributed by atoms with E-state index in [0.717, 1.165) is 38.8 Å². The van der Waals surface area contributed by atoms with Crippen LogP contribution in [0.5, 0.6) is 5.75 Å². The first-order valence-electron chi connectivity index (χ1n) is 10.2. The number of rotatable bonds is 8. The van der Waals surface area contributed by atoms with E-state index in [1.54, 1.807) is 6.07 Å². The Hall–Kier alpha value is -3.18. The van der Waals surface area contributed by atoms with Gasteiger partial charge in [-0.05, 0) is 49.2 Å². The molecule has 1 fully saturated rings. The third-order valence-electron chi connectivity index (χ3n) is 5.09. The third-order valence-corrected chi connectivity index (χ3v) is 6.02. The molecule has 10 nitrogen and oxygen atoms in total. The molecule has 2 N–H and O–H groups in total. The van der Waals surface area contributed by atoms with Gasteiger partial charge in [0.25, 0.3) is 5.69 Å². The number of benzene rings is 2. The maximum atomic E-state index is 12.3. The van der Waals surface area contributed by atoms with E-state index in [2.05, 4.69) is 0 Å². The molecule has 0 saturated carbocycles. The Morgan fingerprint density at radius 1 is 1.03 bits per heavy atom. The minimum atomic E-state index is -3.78. The summed E-state index contributed by atoms with van der Waals surface area (Å²) in [5, 5.41) is 16.6. The number of nitro groups is 1. The Labute approximate surface area is 186 Å². The number of ether oxygens (including phenoxy) is 2. The van der Waals surface area contributed by atoms with Crippen molar-refractivity contribution >= 4 is 27.4 Å². The Morgan fingerprint density at radius 2 is 1.69 bits per heavy atom. The summed E-state index contributed by atoms with van der Waals surface area (Å²) in [6, 6.07) is 9.86. The van der Waals surface area contributed by atoms with Crippen molar-refractivity contribution in [2.24, 2.45) is 5.14 Å². The Bertz CT molecular complexity index is 1060. The van der Waals surface area contributed by atoms with Crippen LogP contribution in [0.15, 0.2) is 47.4 Å². The highest BCUT2D eigenvalue weighted by molar-refractivity contribution is 7.89. The second kappa shape index (κ2) is 10.4. The van der Waals surface area contributed by atoms with Crippen molar-refractivity contribution in [1.29, 1.82) is 0 Å². The number of carbonyl (C=O) groups is 1. The molecule has 0 bridgehead atoms. The topological polar surface area (TPSA) is 142 Å². The van der Waals surface area contributed by atoms with Gasteiger partial charge in [0.2, 0.25) is 10.0 Å². The van der Waals surface area contributed by atoms with Crippen molar-refractivity contribution in [3.63, 3.8) is 0 Å². The monoisotopic (exact) mass is 463 g/mol. The Balaban J connectivity index is 1.57. The molecule has 11 heteroatoms. The van der Waals surface area contributed by atoms with Crippen molar-refractivity contribution in [2.45, 2.75) is 30.6 Å². The highest BCUT2D eigenvalue weighted by atomic mass is 32.2. The number of hydrogen-bond acceptors (Lipinski definition) is 8. The molecule has 3 rings (SSSR count). The molecular formula is C21H25N3O7S. The van der Waals surface area contributed by atoms with Gasteiger partial charge in [-0.15, -0.1) is 0 Å². The van der Waals surface area contributed by atoms with E-state index >= 15 is 0 Å². The predicted molar refractivity (Wildman–Crippen MR) is 117 cm³/mol. The zero-order chi connectivity index (χ0) is 23.1. The molecule has 0 spiro atoms. The molecule has 0 aliphatic carbocycles. The molecule has 0 amide bonds. The fourth-order valence-corrected chi connectivity index (χ4v) is 3.99. The normalized spacial score (nSPS) is 14.5. The summed E-state index contributed by atoms with van der Waals surface area (Å²) in [5.41, 5.74) is 0.486.